The maximum absolute atomic E-state index is 14.9. The number of ketones is 3. The van der Waals surface area contributed by atoms with Gasteiger partial charge in [-0.05, 0) is 29.8 Å². The summed E-state index contributed by atoms with van der Waals surface area (Å²) in [5, 5.41) is 0. The molecule has 0 radical (unpaired) electrons. The van der Waals surface area contributed by atoms with E-state index in [1.54, 1.807) is 67.8 Å². The van der Waals surface area contributed by atoms with Gasteiger partial charge in [-0.25, -0.2) is 0 Å². The summed E-state index contributed by atoms with van der Waals surface area (Å²) in [5.74, 6) is -0.414. The third kappa shape index (κ3) is 3.57. The average Bonchev–Trinajstić information content (AvgIpc) is 3.49. The van der Waals surface area contributed by atoms with Crippen molar-refractivity contribution in [1.82, 2.24) is 0 Å². The highest BCUT2D eigenvalue weighted by Crippen LogP contribution is 2.62. The second-order valence-electron chi connectivity index (χ2n) is 10.9. The van der Waals surface area contributed by atoms with Crippen LogP contribution in [0.1, 0.15) is 48.1 Å². The first-order valence-electron chi connectivity index (χ1n) is 14.1. The molecule has 7 nitrogen and oxygen atoms in total. The Morgan fingerprint density at radius 1 is 0.767 bits per heavy atom. The van der Waals surface area contributed by atoms with Crippen molar-refractivity contribution in [3.05, 3.63) is 125 Å². The lowest BCUT2D eigenvalue weighted by Gasteiger charge is -2.37. The van der Waals surface area contributed by atoms with Gasteiger partial charge in [-0.3, -0.25) is 14.4 Å². The maximum atomic E-state index is 14.9. The van der Waals surface area contributed by atoms with Gasteiger partial charge in [-0.2, -0.15) is 0 Å². The first kappa shape index (κ1) is 26.7. The van der Waals surface area contributed by atoms with E-state index in [1.165, 1.54) is 14.2 Å². The van der Waals surface area contributed by atoms with Crippen molar-refractivity contribution in [2.24, 2.45) is 5.41 Å². The molecule has 1 aliphatic carbocycles. The van der Waals surface area contributed by atoms with E-state index >= 15 is 0 Å². The molecule has 0 aromatic heterocycles. The summed E-state index contributed by atoms with van der Waals surface area (Å²) in [7, 11) is 4.61. The number of nitrogens with zero attached hydrogens (tertiary/aromatic N) is 1. The van der Waals surface area contributed by atoms with E-state index in [0.717, 1.165) is 11.3 Å². The molecule has 4 aromatic rings. The molecule has 1 saturated heterocycles. The molecule has 4 aromatic carbocycles. The van der Waals surface area contributed by atoms with E-state index in [2.05, 4.69) is 0 Å². The average molecular weight is 572 g/mol. The summed E-state index contributed by atoms with van der Waals surface area (Å²) in [4.78, 5) is 46.6. The van der Waals surface area contributed by atoms with Crippen LogP contribution in [0.2, 0.25) is 0 Å². The van der Waals surface area contributed by atoms with Crippen LogP contribution in [0.25, 0.3) is 6.08 Å². The number of benzene rings is 4. The molecular weight excluding hydrogens is 542 g/mol. The normalized spacial score (nSPS) is 20.9. The number of Topliss-reactive ketones (excluding diaryl/α,β-unsaturated/α-hetero) is 3. The van der Waals surface area contributed by atoms with Crippen LogP contribution in [0.5, 0.6) is 17.2 Å². The second-order valence-corrected chi connectivity index (χ2v) is 10.9. The molecule has 43 heavy (non-hydrogen) atoms. The Kier molecular flexibility index (Phi) is 6.20. The standard InChI is InChI=1S/C36H29NO6/c1-41-23-12-8-11-22(20-23)32(38)31-30(26-15-9-17-28(42-2)33(26)43-3)36(34(39)24-13-5-6-14-25(24)35(36)40)29-19-18-21-10-4-7-16-27(21)37(29)31/h4-20,29-31H,1-3H3/t29-,30+,31-/m1/s1. The Balaban J connectivity index is 1.58. The summed E-state index contributed by atoms with van der Waals surface area (Å²) >= 11 is 0. The number of rotatable bonds is 6. The molecule has 0 bridgehead atoms. The Hall–Kier alpha value is -5.17. The van der Waals surface area contributed by atoms with Crippen molar-refractivity contribution in [3.8, 4) is 17.2 Å². The van der Waals surface area contributed by atoms with Gasteiger partial charge >= 0.3 is 0 Å². The minimum Gasteiger partial charge on any atom is -0.497 e. The van der Waals surface area contributed by atoms with Crippen LogP contribution in [-0.2, 0) is 0 Å². The fourth-order valence-corrected chi connectivity index (χ4v) is 7.36. The Labute approximate surface area is 249 Å². The van der Waals surface area contributed by atoms with E-state index in [-0.39, 0.29) is 17.3 Å². The molecule has 7 rings (SSSR count). The van der Waals surface area contributed by atoms with Gasteiger partial charge in [-0.15, -0.1) is 0 Å². The summed E-state index contributed by atoms with van der Waals surface area (Å²) in [5.41, 5.74) is 1.71. The Morgan fingerprint density at radius 3 is 2.16 bits per heavy atom. The van der Waals surface area contributed by atoms with Crippen molar-refractivity contribution in [2.45, 2.75) is 18.0 Å². The molecule has 0 N–H and O–H groups in total. The molecule has 3 aliphatic rings. The number of fused-ring (bicyclic) bond motifs is 5. The second kappa shape index (κ2) is 9.98. The first-order chi connectivity index (χ1) is 21.0. The van der Waals surface area contributed by atoms with E-state index in [4.69, 9.17) is 14.2 Å². The SMILES string of the molecule is COc1cccc(C(=O)[C@H]2[C@H](c3cccc(OC)c3OC)C3(C(=O)c4ccccc4C3=O)[C@H]3C=Cc4ccccc4N23)c1. The van der Waals surface area contributed by atoms with Crippen molar-refractivity contribution >= 4 is 29.1 Å². The molecule has 0 amide bonds. The summed E-state index contributed by atoms with van der Waals surface area (Å²) in [6, 6.07) is 25.3. The maximum Gasteiger partial charge on any atom is 0.186 e. The number of ether oxygens (including phenoxy) is 3. The van der Waals surface area contributed by atoms with Crippen LogP contribution in [-0.4, -0.2) is 50.8 Å². The minimum atomic E-state index is -1.65. The predicted octanol–water partition coefficient (Wildman–Crippen LogP) is 6.03. The van der Waals surface area contributed by atoms with Gasteiger partial charge < -0.3 is 19.1 Å². The summed E-state index contributed by atoms with van der Waals surface area (Å²) in [6.07, 6.45) is 3.85. The van der Waals surface area contributed by atoms with Crippen LogP contribution in [0.4, 0.5) is 5.69 Å². The highest BCUT2D eigenvalue weighted by molar-refractivity contribution is 6.32. The highest BCUT2D eigenvalue weighted by Gasteiger charge is 2.72. The summed E-state index contributed by atoms with van der Waals surface area (Å²) < 4.78 is 17.0. The Morgan fingerprint density at radius 2 is 1.47 bits per heavy atom. The molecular formula is C36H29NO6. The zero-order valence-corrected chi connectivity index (χ0v) is 23.9. The molecule has 214 valence electrons. The van der Waals surface area contributed by atoms with Gasteiger partial charge in [0.2, 0.25) is 0 Å². The lowest BCUT2D eigenvalue weighted by molar-refractivity contribution is 0.0664. The quantitative estimate of drug-likeness (QED) is 0.207. The third-order valence-corrected chi connectivity index (χ3v) is 9.10. The number of carbonyl (C=O) groups excluding carboxylic acids is 3. The zero-order valence-electron chi connectivity index (χ0n) is 23.9. The lowest BCUT2D eigenvalue weighted by Crippen LogP contribution is -2.48. The van der Waals surface area contributed by atoms with Crippen LogP contribution in [0.3, 0.4) is 0 Å². The molecule has 2 heterocycles. The number of anilines is 1. The predicted molar refractivity (Wildman–Crippen MR) is 163 cm³/mol. The van der Waals surface area contributed by atoms with E-state index in [0.29, 0.717) is 39.5 Å². The molecule has 3 atom stereocenters. The topological polar surface area (TPSA) is 82.1 Å². The fraction of sp³-hybridized carbons (Fsp3) is 0.194. The van der Waals surface area contributed by atoms with Gasteiger partial charge in [0.05, 0.1) is 27.4 Å². The first-order valence-corrected chi connectivity index (χ1v) is 14.1. The smallest absolute Gasteiger partial charge is 0.186 e. The monoisotopic (exact) mass is 571 g/mol. The van der Waals surface area contributed by atoms with Crippen LogP contribution < -0.4 is 19.1 Å². The molecule has 2 aliphatic heterocycles. The number of hydrogen-bond donors (Lipinski definition) is 0. The van der Waals surface area contributed by atoms with Crippen LogP contribution in [0, 0.1) is 5.41 Å². The van der Waals surface area contributed by atoms with Gasteiger partial charge in [-0.1, -0.05) is 78.9 Å². The van der Waals surface area contributed by atoms with Gasteiger partial charge in [0.1, 0.15) is 17.2 Å². The van der Waals surface area contributed by atoms with Crippen LogP contribution >= 0.6 is 0 Å². The lowest BCUT2D eigenvalue weighted by atomic mass is 9.64. The van der Waals surface area contributed by atoms with E-state index in [1.807, 2.05) is 47.4 Å². The number of hydrogen-bond acceptors (Lipinski definition) is 7. The van der Waals surface area contributed by atoms with Gasteiger partial charge in [0.15, 0.2) is 28.8 Å². The highest BCUT2D eigenvalue weighted by atomic mass is 16.5. The largest absolute Gasteiger partial charge is 0.497 e. The van der Waals surface area contributed by atoms with E-state index in [9.17, 15) is 14.4 Å². The van der Waals surface area contributed by atoms with Crippen molar-refractivity contribution < 1.29 is 28.6 Å². The molecule has 1 fully saturated rings. The van der Waals surface area contributed by atoms with Gasteiger partial charge in [0, 0.05) is 33.9 Å². The summed E-state index contributed by atoms with van der Waals surface area (Å²) in [6.45, 7) is 0. The number of methoxy groups -OCH3 is 3. The molecule has 0 unspecified atom stereocenters. The fourth-order valence-electron chi connectivity index (χ4n) is 7.36. The Bertz CT molecular complexity index is 1810. The van der Waals surface area contributed by atoms with Crippen molar-refractivity contribution in [1.29, 1.82) is 0 Å². The van der Waals surface area contributed by atoms with Gasteiger partial charge in [0.25, 0.3) is 0 Å². The zero-order chi connectivity index (χ0) is 29.9. The number of carbonyl (C=O) groups is 3. The molecule has 0 saturated carbocycles. The number of para-hydroxylation sites is 2. The minimum absolute atomic E-state index is 0.239. The van der Waals surface area contributed by atoms with Crippen LogP contribution in [0.15, 0.2) is 97.1 Å². The molecule has 1 spiro atoms. The van der Waals surface area contributed by atoms with Crippen molar-refractivity contribution in [2.75, 3.05) is 26.2 Å². The molecule has 7 heteroatoms. The third-order valence-electron chi connectivity index (χ3n) is 9.10. The van der Waals surface area contributed by atoms with Crippen molar-refractivity contribution in [3.63, 3.8) is 0 Å². The van der Waals surface area contributed by atoms with E-state index < -0.39 is 23.4 Å².